The standard InChI is InChI=1S/C43H33NO/c1-43(2)38-18-10-8-16-34(38)35-25-24-32(27-39(35)43)44(30-13-4-3-5-14-30)31-22-20-28(21-23-31)37-26-29-12-6-7-15-33(29)41-36-17-9-11-19-40(36)45-42(37)41/h3-5,7-11,13-27H,6,12H2,1-2H3. The average molecular weight is 580 g/mol. The van der Waals surface area contributed by atoms with Gasteiger partial charge in [-0.05, 0) is 100 Å². The topological polar surface area (TPSA) is 16.4 Å². The number of allylic oxidation sites excluding steroid dienone is 1. The highest BCUT2D eigenvalue weighted by molar-refractivity contribution is 6.14. The smallest absolute Gasteiger partial charge is 0.143 e. The van der Waals surface area contributed by atoms with Crippen LogP contribution in [0.15, 0.2) is 138 Å². The van der Waals surface area contributed by atoms with Crippen molar-refractivity contribution in [2.24, 2.45) is 0 Å². The first-order valence-electron chi connectivity index (χ1n) is 15.9. The molecule has 7 aromatic rings. The molecule has 0 saturated carbocycles. The van der Waals surface area contributed by atoms with Crippen molar-refractivity contribution < 1.29 is 4.42 Å². The van der Waals surface area contributed by atoms with Crippen LogP contribution in [-0.4, -0.2) is 0 Å². The van der Waals surface area contributed by atoms with Crippen LogP contribution in [-0.2, 0) is 11.8 Å². The third-order valence-corrected chi connectivity index (χ3v) is 9.91. The number of nitrogens with zero attached hydrogens (tertiary/aromatic N) is 1. The molecule has 216 valence electrons. The van der Waals surface area contributed by atoms with Crippen LogP contribution in [0.4, 0.5) is 17.1 Å². The first-order valence-corrected chi connectivity index (χ1v) is 15.9. The van der Waals surface area contributed by atoms with Gasteiger partial charge in [-0.2, -0.15) is 0 Å². The maximum atomic E-state index is 6.56. The fraction of sp³-hybridized carbons (Fsp3) is 0.116. The van der Waals surface area contributed by atoms with Crippen LogP contribution in [0.5, 0.6) is 0 Å². The van der Waals surface area contributed by atoms with E-state index in [0.717, 1.165) is 46.6 Å². The molecule has 1 heterocycles. The Morgan fingerprint density at radius 3 is 2.20 bits per heavy atom. The number of benzene rings is 6. The molecule has 0 bridgehead atoms. The molecule has 0 saturated heterocycles. The number of hydrogen-bond acceptors (Lipinski definition) is 2. The van der Waals surface area contributed by atoms with Gasteiger partial charge in [0.15, 0.2) is 0 Å². The van der Waals surface area contributed by atoms with E-state index in [4.69, 9.17) is 4.42 Å². The summed E-state index contributed by atoms with van der Waals surface area (Å²) in [5, 5.41) is 2.41. The first kappa shape index (κ1) is 26.1. The Morgan fingerprint density at radius 1 is 0.622 bits per heavy atom. The summed E-state index contributed by atoms with van der Waals surface area (Å²) in [6.07, 6.45) is 6.69. The Bertz CT molecular complexity index is 2290. The number of hydrogen-bond donors (Lipinski definition) is 0. The van der Waals surface area contributed by atoms with Gasteiger partial charge in [-0.3, -0.25) is 0 Å². The van der Waals surface area contributed by atoms with E-state index in [1.807, 2.05) is 0 Å². The van der Waals surface area contributed by atoms with Crippen LogP contribution in [0.1, 0.15) is 42.5 Å². The molecule has 0 spiro atoms. The summed E-state index contributed by atoms with van der Waals surface area (Å²) < 4.78 is 6.56. The number of anilines is 3. The van der Waals surface area contributed by atoms with E-state index in [1.165, 1.54) is 49.7 Å². The third-order valence-electron chi connectivity index (χ3n) is 9.91. The quantitative estimate of drug-likeness (QED) is 0.206. The van der Waals surface area contributed by atoms with E-state index in [1.54, 1.807) is 0 Å². The van der Waals surface area contributed by atoms with Crippen LogP contribution in [0, 0.1) is 0 Å². The monoisotopic (exact) mass is 579 g/mol. The molecule has 2 aliphatic carbocycles. The van der Waals surface area contributed by atoms with Gasteiger partial charge in [0.1, 0.15) is 11.2 Å². The molecule has 0 fully saturated rings. The minimum Gasteiger partial charge on any atom is -0.455 e. The molecule has 0 atom stereocenters. The summed E-state index contributed by atoms with van der Waals surface area (Å²) in [5.41, 5.74) is 15.7. The molecule has 0 N–H and O–H groups in total. The van der Waals surface area contributed by atoms with Crippen molar-refractivity contribution in [2.75, 3.05) is 4.90 Å². The van der Waals surface area contributed by atoms with E-state index in [-0.39, 0.29) is 5.41 Å². The molecule has 0 unspecified atom stereocenters. The molecular weight excluding hydrogens is 546 g/mol. The SMILES string of the molecule is CC1(C)c2ccccc2-c2ccc(N(c3ccccc3)c3ccc(-c4cc5c(c6c4oc4ccccc46)C=CCC5)cc3)cc21. The van der Waals surface area contributed by atoms with E-state index < -0.39 is 0 Å². The zero-order valence-electron chi connectivity index (χ0n) is 25.5. The van der Waals surface area contributed by atoms with Gasteiger partial charge in [-0.1, -0.05) is 105 Å². The molecule has 2 nitrogen and oxygen atoms in total. The largest absolute Gasteiger partial charge is 0.455 e. The van der Waals surface area contributed by atoms with Crippen LogP contribution < -0.4 is 4.90 Å². The second-order valence-electron chi connectivity index (χ2n) is 12.9. The van der Waals surface area contributed by atoms with Crippen molar-refractivity contribution in [2.45, 2.75) is 32.1 Å². The summed E-state index contributed by atoms with van der Waals surface area (Å²) in [6.45, 7) is 4.69. The number of rotatable bonds is 4. The minimum absolute atomic E-state index is 0.0618. The van der Waals surface area contributed by atoms with E-state index in [9.17, 15) is 0 Å². The van der Waals surface area contributed by atoms with Gasteiger partial charge in [-0.15, -0.1) is 0 Å². The van der Waals surface area contributed by atoms with Crippen LogP contribution >= 0.6 is 0 Å². The fourth-order valence-corrected chi connectivity index (χ4v) is 7.68. The molecule has 45 heavy (non-hydrogen) atoms. The highest BCUT2D eigenvalue weighted by atomic mass is 16.3. The summed E-state index contributed by atoms with van der Waals surface area (Å²) in [4.78, 5) is 2.37. The van der Waals surface area contributed by atoms with Gasteiger partial charge < -0.3 is 9.32 Å². The second kappa shape index (κ2) is 9.84. The third kappa shape index (κ3) is 3.95. The number of aryl methyl sites for hydroxylation is 1. The average Bonchev–Trinajstić information content (AvgIpc) is 3.59. The van der Waals surface area contributed by atoms with Gasteiger partial charge >= 0.3 is 0 Å². The molecule has 2 heteroatoms. The van der Waals surface area contributed by atoms with E-state index >= 15 is 0 Å². The number of para-hydroxylation sites is 2. The fourth-order valence-electron chi connectivity index (χ4n) is 7.68. The van der Waals surface area contributed by atoms with Crippen molar-refractivity contribution in [3.8, 4) is 22.3 Å². The van der Waals surface area contributed by atoms with E-state index in [2.05, 4.69) is 158 Å². The molecule has 9 rings (SSSR count). The summed E-state index contributed by atoms with van der Waals surface area (Å²) >= 11 is 0. The van der Waals surface area contributed by atoms with Crippen molar-refractivity contribution in [3.63, 3.8) is 0 Å². The van der Waals surface area contributed by atoms with Gasteiger partial charge in [-0.25, -0.2) is 0 Å². The Kier molecular flexibility index (Phi) is 5.70. The summed E-state index contributed by atoms with van der Waals surface area (Å²) in [6, 6.07) is 46.3. The lowest BCUT2D eigenvalue weighted by Crippen LogP contribution is -2.16. The van der Waals surface area contributed by atoms with Crippen LogP contribution in [0.2, 0.25) is 0 Å². The van der Waals surface area contributed by atoms with Crippen molar-refractivity contribution in [1.82, 2.24) is 0 Å². The highest BCUT2D eigenvalue weighted by Crippen LogP contribution is 2.50. The zero-order chi connectivity index (χ0) is 30.1. The molecule has 0 amide bonds. The van der Waals surface area contributed by atoms with Crippen LogP contribution in [0.25, 0.3) is 50.3 Å². The van der Waals surface area contributed by atoms with Crippen molar-refractivity contribution in [1.29, 1.82) is 0 Å². The van der Waals surface area contributed by atoms with Gasteiger partial charge in [0, 0.05) is 38.8 Å². The Balaban J connectivity index is 1.18. The number of fused-ring (bicyclic) bond motifs is 8. The van der Waals surface area contributed by atoms with Crippen LogP contribution in [0.3, 0.4) is 0 Å². The Labute approximate surface area is 263 Å². The summed E-state index contributed by atoms with van der Waals surface area (Å²) in [5.74, 6) is 0. The highest BCUT2D eigenvalue weighted by Gasteiger charge is 2.35. The predicted octanol–water partition coefficient (Wildman–Crippen LogP) is 12.0. The maximum absolute atomic E-state index is 6.56. The Hall–Kier alpha value is -5.34. The molecule has 2 aliphatic rings. The van der Waals surface area contributed by atoms with Crippen molar-refractivity contribution >= 4 is 45.1 Å². The number of furan rings is 1. The second-order valence-corrected chi connectivity index (χ2v) is 12.9. The Morgan fingerprint density at radius 2 is 1.33 bits per heavy atom. The lowest BCUT2D eigenvalue weighted by atomic mass is 9.82. The van der Waals surface area contributed by atoms with Crippen molar-refractivity contribution in [3.05, 3.63) is 156 Å². The van der Waals surface area contributed by atoms with Gasteiger partial charge in [0.05, 0.1) is 0 Å². The zero-order valence-corrected chi connectivity index (χ0v) is 25.5. The van der Waals surface area contributed by atoms with Gasteiger partial charge in [0.25, 0.3) is 0 Å². The predicted molar refractivity (Wildman–Crippen MR) is 189 cm³/mol. The summed E-state index contributed by atoms with van der Waals surface area (Å²) in [7, 11) is 0. The normalized spacial score (nSPS) is 14.4. The molecule has 1 aromatic heterocycles. The first-order chi connectivity index (χ1) is 22.1. The lowest BCUT2D eigenvalue weighted by molar-refractivity contribution is 0.660. The minimum atomic E-state index is -0.0618. The molecular formula is C43H33NO. The maximum Gasteiger partial charge on any atom is 0.143 e. The van der Waals surface area contributed by atoms with Gasteiger partial charge in [0.2, 0.25) is 0 Å². The lowest BCUT2D eigenvalue weighted by Gasteiger charge is -2.28. The molecule has 6 aromatic carbocycles. The van der Waals surface area contributed by atoms with E-state index in [0.29, 0.717) is 0 Å². The molecule has 0 radical (unpaired) electrons. The molecule has 0 aliphatic heterocycles.